The van der Waals surface area contributed by atoms with Gasteiger partial charge in [-0.25, -0.2) is 0 Å². The first-order valence-corrected chi connectivity index (χ1v) is 6.53. The summed E-state index contributed by atoms with van der Waals surface area (Å²) in [6.07, 6.45) is 1.58. The molecular formula is C10H18N4O3S. The molecule has 0 atom stereocenters. The maximum atomic E-state index is 10.5. The first-order chi connectivity index (χ1) is 8.59. The summed E-state index contributed by atoms with van der Waals surface area (Å²) in [5.41, 5.74) is 0. The molecule has 0 saturated heterocycles. The standard InChI is InChI=1S/C10H18N4O3S/c1-13(2)3-5-17-6-4-14-8-11-12-10(14)18-7-9(15)16/h8H,3-7H2,1-2H3,(H,15,16). The van der Waals surface area contributed by atoms with Crippen LogP contribution in [0, 0.1) is 0 Å². The predicted octanol–water partition coefficient (Wildman–Crippen LogP) is 0.0330. The molecule has 18 heavy (non-hydrogen) atoms. The second kappa shape index (κ2) is 8.06. The molecule has 0 aliphatic rings. The monoisotopic (exact) mass is 274 g/mol. The van der Waals surface area contributed by atoms with E-state index < -0.39 is 5.97 Å². The number of aromatic nitrogens is 3. The third kappa shape index (κ3) is 5.99. The molecular weight excluding hydrogens is 256 g/mol. The second-order valence-electron chi connectivity index (χ2n) is 3.90. The minimum atomic E-state index is -0.864. The van der Waals surface area contributed by atoms with Crippen molar-refractivity contribution < 1.29 is 14.6 Å². The van der Waals surface area contributed by atoms with Gasteiger partial charge in [0.15, 0.2) is 5.16 Å². The number of carbonyl (C=O) groups is 1. The molecule has 1 aromatic rings. The van der Waals surface area contributed by atoms with Crippen LogP contribution in [0.2, 0.25) is 0 Å². The van der Waals surface area contributed by atoms with E-state index in [1.807, 2.05) is 19.0 Å². The van der Waals surface area contributed by atoms with Crippen molar-refractivity contribution in [1.82, 2.24) is 19.7 Å². The van der Waals surface area contributed by atoms with Gasteiger partial charge in [-0.15, -0.1) is 10.2 Å². The maximum Gasteiger partial charge on any atom is 0.313 e. The number of rotatable bonds is 9. The van der Waals surface area contributed by atoms with Gasteiger partial charge >= 0.3 is 5.97 Å². The van der Waals surface area contributed by atoms with Gasteiger partial charge in [0.2, 0.25) is 0 Å². The molecule has 1 rings (SSSR count). The number of carboxylic acid groups (broad SMARTS) is 1. The Morgan fingerprint density at radius 3 is 3.00 bits per heavy atom. The van der Waals surface area contributed by atoms with Crippen molar-refractivity contribution in [3.63, 3.8) is 0 Å². The van der Waals surface area contributed by atoms with Crippen LogP contribution in [0.4, 0.5) is 0 Å². The first-order valence-electron chi connectivity index (χ1n) is 5.54. The Bertz CT molecular complexity index is 370. The highest BCUT2D eigenvalue weighted by Crippen LogP contribution is 2.13. The second-order valence-corrected chi connectivity index (χ2v) is 4.85. The Morgan fingerprint density at radius 2 is 2.33 bits per heavy atom. The van der Waals surface area contributed by atoms with Crippen LogP contribution in [0.1, 0.15) is 0 Å². The molecule has 0 aromatic carbocycles. The summed E-state index contributed by atoms with van der Waals surface area (Å²) in [7, 11) is 3.98. The van der Waals surface area contributed by atoms with Crippen LogP contribution in [0.3, 0.4) is 0 Å². The Morgan fingerprint density at radius 1 is 1.56 bits per heavy atom. The molecule has 1 heterocycles. The summed E-state index contributed by atoms with van der Waals surface area (Å²) in [6, 6.07) is 0. The number of likely N-dealkylation sites (N-methyl/N-ethyl adjacent to an activating group) is 1. The van der Waals surface area contributed by atoms with Crippen LogP contribution in [-0.2, 0) is 16.1 Å². The summed E-state index contributed by atoms with van der Waals surface area (Å²) in [5.74, 6) is -0.878. The minimum absolute atomic E-state index is 0.0137. The van der Waals surface area contributed by atoms with Gasteiger partial charge in [-0.05, 0) is 14.1 Å². The Hall–Kier alpha value is -1.12. The summed E-state index contributed by atoms with van der Waals surface area (Å²) < 4.78 is 7.25. The Kier molecular flexibility index (Phi) is 6.69. The highest BCUT2D eigenvalue weighted by Gasteiger charge is 2.07. The lowest BCUT2D eigenvalue weighted by Crippen LogP contribution is -2.19. The van der Waals surface area contributed by atoms with Crippen LogP contribution in [0.15, 0.2) is 11.5 Å². The van der Waals surface area contributed by atoms with Crippen LogP contribution >= 0.6 is 11.8 Å². The van der Waals surface area contributed by atoms with Gasteiger partial charge in [0, 0.05) is 13.1 Å². The van der Waals surface area contributed by atoms with Gasteiger partial charge in [-0.2, -0.15) is 0 Å². The van der Waals surface area contributed by atoms with Crippen LogP contribution in [-0.4, -0.2) is 70.3 Å². The van der Waals surface area contributed by atoms with Crippen molar-refractivity contribution >= 4 is 17.7 Å². The number of thioether (sulfide) groups is 1. The highest BCUT2D eigenvalue weighted by atomic mass is 32.2. The van der Waals surface area contributed by atoms with Gasteiger partial charge in [0.1, 0.15) is 6.33 Å². The number of nitrogens with zero attached hydrogens (tertiary/aromatic N) is 4. The van der Waals surface area contributed by atoms with Crippen molar-refractivity contribution in [3.05, 3.63) is 6.33 Å². The van der Waals surface area contributed by atoms with E-state index in [1.54, 1.807) is 10.9 Å². The van der Waals surface area contributed by atoms with E-state index in [2.05, 4.69) is 10.2 Å². The molecule has 0 saturated carbocycles. The van der Waals surface area contributed by atoms with Crippen molar-refractivity contribution in [2.75, 3.05) is 39.6 Å². The maximum absolute atomic E-state index is 10.5. The molecule has 0 radical (unpaired) electrons. The smallest absolute Gasteiger partial charge is 0.313 e. The van der Waals surface area contributed by atoms with Crippen LogP contribution in [0.25, 0.3) is 0 Å². The third-order valence-electron chi connectivity index (χ3n) is 2.06. The van der Waals surface area contributed by atoms with Gasteiger partial charge in [0.25, 0.3) is 0 Å². The molecule has 0 aliphatic carbocycles. The van der Waals surface area contributed by atoms with Gasteiger partial charge < -0.3 is 19.3 Å². The SMILES string of the molecule is CN(C)CCOCCn1cnnc1SCC(=O)O. The van der Waals surface area contributed by atoms with Crippen molar-refractivity contribution in [3.8, 4) is 0 Å². The molecule has 0 aliphatic heterocycles. The molecule has 0 bridgehead atoms. The largest absolute Gasteiger partial charge is 0.481 e. The number of aliphatic carboxylic acids is 1. The lowest BCUT2D eigenvalue weighted by atomic mass is 10.6. The quantitative estimate of drug-likeness (QED) is 0.502. The van der Waals surface area contributed by atoms with Crippen LogP contribution in [0.5, 0.6) is 0 Å². The lowest BCUT2D eigenvalue weighted by molar-refractivity contribution is -0.133. The van der Waals surface area contributed by atoms with Crippen molar-refractivity contribution in [1.29, 1.82) is 0 Å². The number of hydrogen-bond donors (Lipinski definition) is 1. The molecule has 0 fully saturated rings. The molecule has 8 heteroatoms. The Balaban J connectivity index is 2.25. The summed E-state index contributed by atoms with van der Waals surface area (Å²) in [4.78, 5) is 12.5. The van der Waals surface area contributed by atoms with E-state index in [4.69, 9.17) is 9.84 Å². The third-order valence-corrected chi connectivity index (χ3v) is 3.03. The predicted molar refractivity (Wildman–Crippen MR) is 67.8 cm³/mol. The molecule has 0 unspecified atom stereocenters. The summed E-state index contributed by atoms with van der Waals surface area (Å²) >= 11 is 1.16. The van der Waals surface area contributed by atoms with Crippen molar-refractivity contribution in [2.24, 2.45) is 0 Å². The molecule has 0 spiro atoms. The van der Waals surface area contributed by atoms with E-state index in [0.29, 0.717) is 24.9 Å². The van der Waals surface area contributed by atoms with Gasteiger partial charge in [-0.1, -0.05) is 11.8 Å². The molecule has 0 amide bonds. The number of ether oxygens (including phenoxy) is 1. The minimum Gasteiger partial charge on any atom is -0.481 e. The zero-order valence-corrected chi connectivity index (χ0v) is 11.4. The van der Waals surface area contributed by atoms with E-state index in [1.165, 1.54) is 0 Å². The van der Waals surface area contributed by atoms with Crippen LogP contribution < -0.4 is 0 Å². The molecule has 1 aromatic heterocycles. The lowest BCUT2D eigenvalue weighted by Gasteiger charge is -2.10. The average Bonchev–Trinajstić information content (AvgIpc) is 2.73. The van der Waals surface area contributed by atoms with E-state index in [0.717, 1.165) is 18.3 Å². The molecule has 7 nitrogen and oxygen atoms in total. The Labute approximate surface area is 110 Å². The van der Waals surface area contributed by atoms with E-state index in [9.17, 15) is 4.79 Å². The molecule has 102 valence electrons. The van der Waals surface area contributed by atoms with Gasteiger partial charge in [-0.3, -0.25) is 4.79 Å². The van der Waals surface area contributed by atoms with E-state index >= 15 is 0 Å². The highest BCUT2D eigenvalue weighted by molar-refractivity contribution is 7.99. The number of carboxylic acids is 1. The number of hydrogen-bond acceptors (Lipinski definition) is 6. The van der Waals surface area contributed by atoms with E-state index in [-0.39, 0.29) is 5.75 Å². The fourth-order valence-electron chi connectivity index (χ4n) is 1.15. The first kappa shape index (κ1) is 14.9. The average molecular weight is 274 g/mol. The zero-order valence-electron chi connectivity index (χ0n) is 10.6. The normalized spacial score (nSPS) is 11.1. The van der Waals surface area contributed by atoms with Crippen molar-refractivity contribution in [2.45, 2.75) is 11.7 Å². The van der Waals surface area contributed by atoms with Gasteiger partial charge in [0.05, 0.1) is 19.0 Å². The molecule has 1 N–H and O–H groups in total. The zero-order chi connectivity index (χ0) is 13.4. The topological polar surface area (TPSA) is 80.5 Å². The summed E-state index contributed by atoms with van der Waals surface area (Å²) in [6.45, 7) is 2.74. The summed E-state index contributed by atoms with van der Waals surface area (Å²) in [5, 5.41) is 16.8. The fourth-order valence-corrected chi connectivity index (χ4v) is 1.81. The fraction of sp³-hybridized carbons (Fsp3) is 0.700.